The summed E-state index contributed by atoms with van der Waals surface area (Å²) in [5.74, 6) is -1.73. The molecule has 0 heterocycles. The van der Waals surface area contributed by atoms with Gasteiger partial charge in [-0.3, -0.25) is 9.59 Å². The fraction of sp³-hybridized carbons (Fsp3) is 0.429. The lowest BCUT2D eigenvalue weighted by molar-refractivity contribution is -0.142. The molecule has 0 aliphatic carbocycles. The minimum absolute atomic E-state index is 0.0265. The summed E-state index contributed by atoms with van der Waals surface area (Å²) in [4.78, 5) is 23.1. The van der Waals surface area contributed by atoms with E-state index in [1.165, 1.54) is 0 Å². The van der Waals surface area contributed by atoms with Crippen LogP contribution < -0.4 is 5.32 Å². The summed E-state index contributed by atoms with van der Waals surface area (Å²) in [6.07, 6.45) is 0. The van der Waals surface area contributed by atoms with Crippen LogP contribution in [0.3, 0.4) is 0 Å². The van der Waals surface area contributed by atoms with Crippen molar-refractivity contribution in [3.05, 3.63) is 33.8 Å². The van der Waals surface area contributed by atoms with Crippen LogP contribution in [0.5, 0.6) is 0 Å². The first-order valence-electron chi connectivity index (χ1n) is 6.10. The number of halogens is 1. The van der Waals surface area contributed by atoms with Crippen LogP contribution in [-0.2, 0) is 4.79 Å². The normalized spacial score (nSPS) is 12.3. The highest BCUT2D eigenvalue weighted by Crippen LogP contribution is 2.16. The number of hydrogen-bond donors (Lipinski definition) is 2. The van der Waals surface area contributed by atoms with Crippen LogP contribution in [0.25, 0.3) is 0 Å². The van der Waals surface area contributed by atoms with Crippen molar-refractivity contribution in [2.24, 2.45) is 11.8 Å². The lowest BCUT2D eigenvalue weighted by atomic mass is 9.96. The first kappa shape index (κ1) is 15.7. The highest BCUT2D eigenvalue weighted by molar-refractivity contribution is 9.10. The van der Waals surface area contributed by atoms with E-state index in [-0.39, 0.29) is 18.4 Å². The average Bonchev–Trinajstić information content (AvgIpc) is 2.31. The Morgan fingerprint density at radius 2 is 2.00 bits per heavy atom. The Morgan fingerprint density at radius 1 is 1.37 bits per heavy atom. The first-order valence-corrected chi connectivity index (χ1v) is 6.89. The van der Waals surface area contributed by atoms with Gasteiger partial charge in [-0.15, -0.1) is 0 Å². The second-order valence-corrected chi connectivity index (χ2v) is 5.77. The molecule has 1 aromatic rings. The van der Waals surface area contributed by atoms with Gasteiger partial charge in [-0.25, -0.2) is 0 Å². The molecule has 5 heteroatoms. The third kappa shape index (κ3) is 4.35. The highest BCUT2D eigenvalue weighted by Gasteiger charge is 2.22. The number of aliphatic carboxylic acids is 1. The standard InChI is InChI=1S/C14H18BrNO3/c1-8(2)12(14(18)19)7-16-13(17)11-6-10(15)5-4-9(11)3/h4-6,8,12H,7H2,1-3H3,(H,16,17)(H,18,19). The van der Waals surface area contributed by atoms with Crippen LogP contribution in [-0.4, -0.2) is 23.5 Å². The number of carbonyl (C=O) groups is 2. The topological polar surface area (TPSA) is 66.4 Å². The van der Waals surface area contributed by atoms with Crippen LogP contribution in [0, 0.1) is 18.8 Å². The third-order valence-electron chi connectivity index (χ3n) is 3.05. The number of carbonyl (C=O) groups excluding carboxylic acids is 1. The number of amides is 1. The molecule has 0 aromatic heterocycles. The zero-order valence-electron chi connectivity index (χ0n) is 11.2. The van der Waals surface area contributed by atoms with E-state index in [1.807, 2.05) is 32.9 Å². The van der Waals surface area contributed by atoms with Crippen LogP contribution in [0.2, 0.25) is 0 Å². The van der Waals surface area contributed by atoms with E-state index in [0.717, 1.165) is 10.0 Å². The fourth-order valence-corrected chi connectivity index (χ4v) is 2.11. The van der Waals surface area contributed by atoms with E-state index in [1.54, 1.807) is 6.07 Å². The molecule has 2 N–H and O–H groups in total. The number of nitrogens with one attached hydrogen (secondary N) is 1. The Kier molecular flexibility index (Phi) is 5.54. The van der Waals surface area contributed by atoms with Crippen molar-refractivity contribution in [3.8, 4) is 0 Å². The van der Waals surface area contributed by atoms with E-state index < -0.39 is 11.9 Å². The summed E-state index contributed by atoms with van der Waals surface area (Å²) in [7, 11) is 0. The predicted octanol–water partition coefficient (Wildman–Crippen LogP) is 2.84. The Morgan fingerprint density at radius 3 is 2.53 bits per heavy atom. The minimum atomic E-state index is -0.888. The zero-order valence-corrected chi connectivity index (χ0v) is 12.8. The van der Waals surface area contributed by atoms with Gasteiger partial charge in [-0.1, -0.05) is 35.8 Å². The Hall–Kier alpha value is -1.36. The van der Waals surface area contributed by atoms with E-state index in [2.05, 4.69) is 21.2 Å². The van der Waals surface area contributed by atoms with Crippen molar-refractivity contribution in [2.45, 2.75) is 20.8 Å². The molecule has 1 amide bonds. The van der Waals surface area contributed by atoms with Crippen molar-refractivity contribution in [1.29, 1.82) is 0 Å². The molecule has 1 rings (SSSR count). The number of carboxylic acid groups (broad SMARTS) is 1. The number of rotatable bonds is 5. The van der Waals surface area contributed by atoms with E-state index in [9.17, 15) is 9.59 Å². The van der Waals surface area contributed by atoms with Crippen molar-refractivity contribution in [1.82, 2.24) is 5.32 Å². The van der Waals surface area contributed by atoms with E-state index in [4.69, 9.17) is 5.11 Å². The molecule has 1 atom stereocenters. The molecule has 4 nitrogen and oxygen atoms in total. The van der Waals surface area contributed by atoms with Crippen LogP contribution in [0.15, 0.2) is 22.7 Å². The largest absolute Gasteiger partial charge is 0.481 e. The summed E-state index contributed by atoms with van der Waals surface area (Å²) in [6.45, 7) is 5.64. The summed E-state index contributed by atoms with van der Waals surface area (Å²) < 4.78 is 0.821. The van der Waals surface area contributed by atoms with Crippen molar-refractivity contribution in [2.75, 3.05) is 6.54 Å². The second-order valence-electron chi connectivity index (χ2n) is 4.86. The van der Waals surface area contributed by atoms with Gasteiger partial charge < -0.3 is 10.4 Å². The van der Waals surface area contributed by atoms with Gasteiger partial charge in [0.25, 0.3) is 5.91 Å². The predicted molar refractivity (Wildman–Crippen MR) is 77.2 cm³/mol. The average molecular weight is 328 g/mol. The van der Waals surface area contributed by atoms with E-state index >= 15 is 0 Å². The van der Waals surface area contributed by atoms with Gasteiger partial charge in [-0.2, -0.15) is 0 Å². The second kappa shape index (κ2) is 6.70. The summed E-state index contributed by atoms with van der Waals surface area (Å²) in [5, 5.41) is 11.8. The van der Waals surface area contributed by atoms with Gasteiger partial charge >= 0.3 is 5.97 Å². The van der Waals surface area contributed by atoms with Crippen LogP contribution >= 0.6 is 15.9 Å². The first-order chi connectivity index (χ1) is 8.82. The molecule has 0 aliphatic heterocycles. The SMILES string of the molecule is Cc1ccc(Br)cc1C(=O)NCC(C(=O)O)C(C)C. The quantitative estimate of drug-likeness (QED) is 0.873. The zero-order chi connectivity index (χ0) is 14.6. The maximum Gasteiger partial charge on any atom is 0.308 e. The summed E-state index contributed by atoms with van der Waals surface area (Å²) >= 11 is 3.32. The van der Waals surface area contributed by atoms with Gasteiger partial charge in [0.05, 0.1) is 5.92 Å². The van der Waals surface area contributed by atoms with Gasteiger partial charge in [0.2, 0.25) is 0 Å². The molecule has 0 saturated carbocycles. The molecule has 104 valence electrons. The molecule has 0 spiro atoms. The van der Waals surface area contributed by atoms with Gasteiger partial charge in [-0.05, 0) is 30.5 Å². The summed E-state index contributed by atoms with van der Waals surface area (Å²) in [5.41, 5.74) is 1.42. The third-order valence-corrected chi connectivity index (χ3v) is 3.54. The number of benzene rings is 1. The van der Waals surface area contributed by atoms with Gasteiger partial charge in [0.1, 0.15) is 0 Å². The lowest BCUT2D eigenvalue weighted by Crippen LogP contribution is -2.35. The van der Waals surface area contributed by atoms with Crippen molar-refractivity contribution in [3.63, 3.8) is 0 Å². The van der Waals surface area contributed by atoms with E-state index in [0.29, 0.717) is 5.56 Å². The molecule has 1 aromatic carbocycles. The molecule has 19 heavy (non-hydrogen) atoms. The van der Waals surface area contributed by atoms with Crippen molar-refractivity contribution < 1.29 is 14.7 Å². The minimum Gasteiger partial charge on any atom is -0.481 e. The van der Waals surface area contributed by atoms with Crippen LogP contribution in [0.4, 0.5) is 0 Å². The molecule has 0 radical (unpaired) electrons. The molecule has 0 bridgehead atoms. The fourth-order valence-electron chi connectivity index (χ4n) is 1.74. The molecular weight excluding hydrogens is 310 g/mol. The number of carboxylic acids is 1. The molecule has 0 saturated heterocycles. The smallest absolute Gasteiger partial charge is 0.308 e. The number of hydrogen-bond acceptors (Lipinski definition) is 2. The molecular formula is C14H18BrNO3. The summed E-state index contributed by atoms with van der Waals surface area (Å²) in [6, 6.07) is 5.44. The monoisotopic (exact) mass is 327 g/mol. The molecule has 0 fully saturated rings. The molecule has 1 unspecified atom stereocenters. The highest BCUT2D eigenvalue weighted by atomic mass is 79.9. The maximum atomic E-state index is 12.0. The maximum absolute atomic E-state index is 12.0. The Balaban J connectivity index is 2.75. The number of aryl methyl sites for hydroxylation is 1. The van der Waals surface area contributed by atoms with Gasteiger partial charge in [0, 0.05) is 16.6 Å². The van der Waals surface area contributed by atoms with Crippen LogP contribution in [0.1, 0.15) is 29.8 Å². The lowest BCUT2D eigenvalue weighted by Gasteiger charge is -2.17. The Labute approximate surface area is 121 Å². The van der Waals surface area contributed by atoms with Gasteiger partial charge in [0.15, 0.2) is 0 Å². The van der Waals surface area contributed by atoms with Crippen molar-refractivity contribution >= 4 is 27.8 Å². The molecule has 0 aliphatic rings. The Bertz CT molecular complexity index is 486.